The molecule has 2 aromatic rings. The van der Waals surface area contributed by atoms with Crippen LogP contribution in [0.15, 0.2) is 42.5 Å². The molecule has 0 aromatic heterocycles. The Morgan fingerprint density at radius 1 is 1.07 bits per heavy atom. The van der Waals surface area contributed by atoms with Gasteiger partial charge in [-0.3, -0.25) is 4.79 Å². The topological polar surface area (TPSA) is 48.0 Å². The number of nitrogens with zero attached hydrogens (tertiary/aromatic N) is 1. The maximum absolute atomic E-state index is 13.6. The van der Waals surface area contributed by atoms with Gasteiger partial charge in [0.05, 0.1) is 20.8 Å². The van der Waals surface area contributed by atoms with Crippen LogP contribution in [0.3, 0.4) is 0 Å². The fourth-order valence-corrected chi connectivity index (χ4v) is 3.19. The fraction of sp³-hybridized carbons (Fsp3) is 0.381. The number of likely N-dealkylation sites (tertiary alicyclic amines) is 1. The van der Waals surface area contributed by atoms with E-state index < -0.39 is 0 Å². The van der Waals surface area contributed by atoms with Gasteiger partial charge in [0, 0.05) is 24.7 Å². The van der Waals surface area contributed by atoms with Crippen LogP contribution >= 0.6 is 0 Å². The quantitative estimate of drug-likeness (QED) is 0.773. The number of carbonyl (C=O) groups is 1. The van der Waals surface area contributed by atoms with Crippen LogP contribution in [-0.4, -0.2) is 44.7 Å². The Labute approximate surface area is 158 Å². The van der Waals surface area contributed by atoms with Gasteiger partial charge in [0.2, 0.25) is 0 Å². The van der Waals surface area contributed by atoms with Crippen LogP contribution in [0.5, 0.6) is 17.2 Å². The molecule has 3 rings (SSSR count). The van der Waals surface area contributed by atoms with Crippen LogP contribution in [0.2, 0.25) is 0 Å². The maximum atomic E-state index is 13.6. The van der Waals surface area contributed by atoms with E-state index in [1.807, 2.05) is 4.90 Å². The van der Waals surface area contributed by atoms with Crippen molar-refractivity contribution in [1.29, 1.82) is 0 Å². The first-order valence-electron chi connectivity index (χ1n) is 9.00. The number of rotatable bonds is 6. The molecule has 1 aliphatic rings. The van der Waals surface area contributed by atoms with E-state index in [4.69, 9.17) is 14.2 Å². The highest BCUT2D eigenvalue weighted by Gasteiger charge is 2.25. The molecule has 1 heterocycles. The first kappa shape index (κ1) is 19.0. The zero-order valence-corrected chi connectivity index (χ0v) is 15.6. The number of benzene rings is 2. The molecule has 5 nitrogen and oxygen atoms in total. The highest BCUT2D eigenvalue weighted by Crippen LogP contribution is 2.26. The molecule has 1 amide bonds. The molecule has 0 bridgehead atoms. The molecule has 0 spiro atoms. The number of carbonyl (C=O) groups excluding carboxylic acids is 1. The normalized spacial score (nSPS) is 14.7. The molecule has 144 valence electrons. The number of halogens is 1. The lowest BCUT2D eigenvalue weighted by atomic mass is 9.97. The number of piperidine rings is 1. The molecule has 1 saturated heterocycles. The van der Waals surface area contributed by atoms with Crippen LogP contribution in [-0.2, 0) is 0 Å². The van der Waals surface area contributed by atoms with E-state index in [0.717, 1.165) is 12.8 Å². The fourth-order valence-electron chi connectivity index (χ4n) is 3.19. The maximum Gasteiger partial charge on any atom is 0.254 e. The number of para-hydroxylation sites is 1. The van der Waals surface area contributed by atoms with Crippen molar-refractivity contribution >= 4 is 5.91 Å². The average molecular weight is 373 g/mol. The van der Waals surface area contributed by atoms with Crippen molar-refractivity contribution in [3.05, 3.63) is 53.8 Å². The monoisotopic (exact) mass is 373 g/mol. The highest BCUT2D eigenvalue weighted by atomic mass is 19.1. The summed E-state index contributed by atoms with van der Waals surface area (Å²) in [7, 11) is 3.12. The average Bonchev–Trinajstić information content (AvgIpc) is 2.72. The summed E-state index contributed by atoms with van der Waals surface area (Å²) in [5.74, 6) is 1.36. The zero-order valence-electron chi connectivity index (χ0n) is 15.6. The lowest BCUT2D eigenvalue weighted by Gasteiger charge is -2.32. The number of ether oxygens (including phenoxy) is 3. The SMILES string of the molecule is COc1cc(OC)cc(C(=O)N2CCC(COc3ccccc3F)CC2)c1. The predicted molar refractivity (Wildman–Crippen MR) is 100 cm³/mol. The summed E-state index contributed by atoms with van der Waals surface area (Å²) >= 11 is 0. The number of amides is 1. The Bertz CT molecular complexity index is 765. The third kappa shape index (κ3) is 4.70. The smallest absolute Gasteiger partial charge is 0.254 e. The molecule has 27 heavy (non-hydrogen) atoms. The second-order valence-corrected chi connectivity index (χ2v) is 6.58. The van der Waals surface area contributed by atoms with E-state index in [2.05, 4.69) is 0 Å². The third-order valence-corrected chi connectivity index (χ3v) is 4.81. The summed E-state index contributed by atoms with van der Waals surface area (Å²) in [6.45, 7) is 1.74. The summed E-state index contributed by atoms with van der Waals surface area (Å²) in [5.41, 5.74) is 0.548. The van der Waals surface area contributed by atoms with Gasteiger partial charge in [-0.1, -0.05) is 12.1 Å². The molecule has 0 unspecified atom stereocenters. The minimum Gasteiger partial charge on any atom is -0.497 e. The third-order valence-electron chi connectivity index (χ3n) is 4.81. The van der Waals surface area contributed by atoms with Gasteiger partial charge in [-0.15, -0.1) is 0 Å². The van der Waals surface area contributed by atoms with Crippen LogP contribution in [0, 0.1) is 11.7 Å². The Balaban J connectivity index is 1.56. The lowest BCUT2D eigenvalue weighted by Crippen LogP contribution is -2.39. The molecule has 0 saturated carbocycles. The Kier molecular flexibility index (Phi) is 6.16. The Morgan fingerprint density at radius 2 is 1.70 bits per heavy atom. The van der Waals surface area contributed by atoms with Gasteiger partial charge in [-0.2, -0.15) is 0 Å². The van der Waals surface area contributed by atoms with Crippen LogP contribution in [0.4, 0.5) is 4.39 Å². The summed E-state index contributed by atoms with van der Waals surface area (Å²) in [6.07, 6.45) is 1.64. The van der Waals surface area contributed by atoms with Crippen molar-refractivity contribution in [3.8, 4) is 17.2 Å². The van der Waals surface area contributed by atoms with Crippen LogP contribution < -0.4 is 14.2 Å². The zero-order chi connectivity index (χ0) is 19.2. The van der Waals surface area contributed by atoms with Gasteiger partial charge in [-0.05, 0) is 43.0 Å². The van der Waals surface area contributed by atoms with Crippen molar-refractivity contribution in [1.82, 2.24) is 4.90 Å². The van der Waals surface area contributed by atoms with E-state index in [1.54, 1.807) is 50.6 Å². The van der Waals surface area contributed by atoms with Crippen LogP contribution in [0.25, 0.3) is 0 Å². The van der Waals surface area contributed by atoms with Crippen molar-refractivity contribution in [2.75, 3.05) is 33.9 Å². The molecule has 0 atom stereocenters. The largest absolute Gasteiger partial charge is 0.497 e. The molecule has 0 N–H and O–H groups in total. The van der Waals surface area contributed by atoms with Gasteiger partial charge in [0.15, 0.2) is 11.6 Å². The van der Waals surface area contributed by atoms with Crippen LogP contribution in [0.1, 0.15) is 23.2 Å². The molecule has 1 aliphatic heterocycles. The number of hydrogen-bond donors (Lipinski definition) is 0. The Hall–Kier alpha value is -2.76. The van der Waals surface area contributed by atoms with E-state index in [-0.39, 0.29) is 17.5 Å². The second-order valence-electron chi connectivity index (χ2n) is 6.58. The molecule has 0 aliphatic carbocycles. The molecule has 6 heteroatoms. The van der Waals surface area contributed by atoms with Gasteiger partial charge < -0.3 is 19.1 Å². The summed E-state index contributed by atoms with van der Waals surface area (Å²) in [5, 5.41) is 0. The highest BCUT2D eigenvalue weighted by molar-refractivity contribution is 5.95. The van der Waals surface area contributed by atoms with Crippen molar-refractivity contribution in [2.24, 2.45) is 5.92 Å². The molecular weight excluding hydrogens is 349 g/mol. The van der Waals surface area contributed by atoms with Gasteiger partial charge >= 0.3 is 0 Å². The minimum absolute atomic E-state index is 0.0410. The van der Waals surface area contributed by atoms with Crippen molar-refractivity contribution in [2.45, 2.75) is 12.8 Å². The summed E-state index contributed by atoms with van der Waals surface area (Å²) in [4.78, 5) is 14.6. The Morgan fingerprint density at radius 3 is 2.30 bits per heavy atom. The lowest BCUT2D eigenvalue weighted by molar-refractivity contribution is 0.0659. The van der Waals surface area contributed by atoms with Crippen molar-refractivity contribution in [3.63, 3.8) is 0 Å². The van der Waals surface area contributed by atoms with Crippen molar-refractivity contribution < 1.29 is 23.4 Å². The van der Waals surface area contributed by atoms with E-state index in [1.165, 1.54) is 6.07 Å². The van der Waals surface area contributed by atoms with E-state index in [9.17, 15) is 9.18 Å². The molecule has 1 fully saturated rings. The number of hydrogen-bond acceptors (Lipinski definition) is 4. The first-order valence-corrected chi connectivity index (χ1v) is 9.00. The molecular formula is C21H24FNO4. The van der Waals surface area contributed by atoms with E-state index in [0.29, 0.717) is 42.7 Å². The van der Waals surface area contributed by atoms with Gasteiger partial charge in [0.25, 0.3) is 5.91 Å². The number of methoxy groups -OCH3 is 2. The summed E-state index contributed by atoms with van der Waals surface area (Å²) < 4.78 is 29.7. The van der Waals surface area contributed by atoms with Gasteiger partial charge in [0.1, 0.15) is 11.5 Å². The van der Waals surface area contributed by atoms with Gasteiger partial charge in [-0.25, -0.2) is 4.39 Å². The molecule has 2 aromatic carbocycles. The summed E-state index contributed by atoms with van der Waals surface area (Å²) in [6, 6.07) is 11.6. The first-order chi connectivity index (χ1) is 13.1. The predicted octanol–water partition coefficient (Wildman–Crippen LogP) is 3.77. The van der Waals surface area contributed by atoms with E-state index >= 15 is 0 Å². The standard InChI is InChI=1S/C21H24FNO4/c1-25-17-11-16(12-18(13-17)26-2)21(24)23-9-7-15(8-10-23)14-27-20-6-4-3-5-19(20)22/h3-6,11-13,15H,7-10,14H2,1-2H3. The molecule has 0 radical (unpaired) electrons. The minimum atomic E-state index is -0.350. The second kappa shape index (κ2) is 8.75.